The summed E-state index contributed by atoms with van der Waals surface area (Å²) in [4.78, 5) is 14.0. The summed E-state index contributed by atoms with van der Waals surface area (Å²) in [6, 6.07) is 6.98. The summed E-state index contributed by atoms with van der Waals surface area (Å²) in [6.45, 7) is 5.92. The minimum Gasteiger partial charge on any atom is -0.299 e. The van der Waals surface area contributed by atoms with Crippen LogP contribution in [0.15, 0.2) is 24.3 Å². The summed E-state index contributed by atoms with van der Waals surface area (Å²) in [5.74, 6) is 0.316. The molecule has 1 aliphatic rings. The van der Waals surface area contributed by atoms with Crippen LogP contribution in [0.1, 0.15) is 25.8 Å². The van der Waals surface area contributed by atoms with Crippen LogP contribution in [0.4, 0.5) is 4.39 Å². The third kappa shape index (κ3) is 2.96. The number of likely N-dealkylation sites (tertiary alicyclic amines) is 1. The second kappa shape index (κ2) is 5.61. The lowest BCUT2D eigenvalue weighted by Crippen LogP contribution is -2.47. The zero-order valence-corrected chi connectivity index (χ0v) is 11.0. The summed E-state index contributed by atoms with van der Waals surface area (Å²) in [7, 11) is 0. The largest absolute Gasteiger partial charge is 0.299 e. The van der Waals surface area contributed by atoms with E-state index in [9.17, 15) is 9.18 Å². The summed E-state index contributed by atoms with van der Waals surface area (Å²) < 4.78 is 12.8. The molecule has 0 radical (unpaired) electrons. The van der Waals surface area contributed by atoms with Gasteiger partial charge >= 0.3 is 0 Å². The molecule has 1 aliphatic heterocycles. The Morgan fingerprint density at radius 1 is 1.28 bits per heavy atom. The highest BCUT2D eigenvalue weighted by Crippen LogP contribution is 2.20. The smallest absolute Gasteiger partial charge is 0.138 e. The molecular weight excluding hydrogens is 229 g/mol. The van der Waals surface area contributed by atoms with Crippen molar-refractivity contribution in [2.45, 2.75) is 32.7 Å². The Kier molecular flexibility index (Phi) is 4.12. The maximum atomic E-state index is 12.8. The maximum Gasteiger partial charge on any atom is 0.138 e. The number of Topliss-reactive ketones (excluding diaryl/α,β-unsaturated/α-hetero) is 1. The zero-order valence-electron chi connectivity index (χ0n) is 11.0. The van der Waals surface area contributed by atoms with Gasteiger partial charge in [-0.25, -0.2) is 4.39 Å². The van der Waals surface area contributed by atoms with E-state index in [1.807, 2.05) is 19.1 Å². The van der Waals surface area contributed by atoms with Crippen LogP contribution in [0.3, 0.4) is 0 Å². The van der Waals surface area contributed by atoms with Gasteiger partial charge in [-0.1, -0.05) is 19.1 Å². The summed E-state index contributed by atoms with van der Waals surface area (Å²) in [5, 5.41) is 0. The van der Waals surface area contributed by atoms with Crippen LogP contribution in [0.25, 0.3) is 0 Å². The van der Waals surface area contributed by atoms with Crippen molar-refractivity contribution in [1.29, 1.82) is 0 Å². The van der Waals surface area contributed by atoms with Gasteiger partial charge in [-0.2, -0.15) is 0 Å². The number of rotatable bonds is 3. The van der Waals surface area contributed by atoms with Crippen molar-refractivity contribution in [3.05, 3.63) is 35.6 Å². The molecule has 98 valence electrons. The lowest BCUT2D eigenvalue weighted by atomic mass is 9.90. The van der Waals surface area contributed by atoms with Crippen LogP contribution >= 0.6 is 0 Å². The fourth-order valence-electron chi connectivity index (χ4n) is 2.51. The fourth-order valence-corrected chi connectivity index (χ4v) is 2.51. The van der Waals surface area contributed by atoms with Gasteiger partial charge < -0.3 is 0 Å². The van der Waals surface area contributed by atoms with Gasteiger partial charge in [-0.3, -0.25) is 9.69 Å². The third-order valence-corrected chi connectivity index (χ3v) is 4.05. The lowest BCUT2D eigenvalue weighted by molar-refractivity contribution is -0.127. The van der Waals surface area contributed by atoms with E-state index in [2.05, 4.69) is 11.8 Å². The second-order valence-electron chi connectivity index (χ2n) is 5.16. The minimum atomic E-state index is -0.190. The molecule has 2 nitrogen and oxygen atoms in total. The number of hydrogen-bond acceptors (Lipinski definition) is 2. The topological polar surface area (TPSA) is 20.3 Å². The summed E-state index contributed by atoms with van der Waals surface area (Å²) in [6.07, 6.45) is 1.57. The fraction of sp³-hybridized carbons (Fsp3) is 0.533. The number of carbonyl (C=O) groups is 1. The Morgan fingerprint density at radius 2 is 1.94 bits per heavy atom. The Bertz CT molecular complexity index is 415. The lowest BCUT2D eigenvalue weighted by Gasteiger charge is -2.36. The van der Waals surface area contributed by atoms with Gasteiger partial charge in [0.05, 0.1) is 0 Å². The van der Waals surface area contributed by atoms with Crippen molar-refractivity contribution in [2.24, 2.45) is 5.92 Å². The first-order chi connectivity index (χ1) is 8.58. The predicted molar refractivity (Wildman–Crippen MR) is 69.9 cm³/mol. The highest BCUT2D eigenvalue weighted by Gasteiger charge is 2.30. The molecule has 2 rings (SSSR count). The number of ketones is 1. The van der Waals surface area contributed by atoms with E-state index in [0.717, 1.165) is 25.1 Å². The van der Waals surface area contributed by atoms with Crippen LogP contribution in [-0.4, -0.2) is 29.8 Å². The molecule has 0 N–H and O–H groups in total. The van der Waals surface area contributed by atoms with E-state index in [1.54, 1.807) is 0 Å². The molecule has 0 aliphatic carbocycles. The van der Waals surface area contributed by atoms with Gasteiger partial charge in [0.2, 0.25) is 0 Å². The first-order valence-electron chi connectivity index (χ1n) is 6.59. The van der Waals surface area contributed by atoms with Crippen molar-refractivity contribution in [2.75, 3.05) is 13.1 Å². The molecule has 1 saturated heterocycles. The van der Waals surface area contributed by atoms with E-state index in [-0.39, 0.29) is 11.7 Å². The minimum absolute atomic E-state index is 0.131. The highest BCUT2D eigenvalue weighted by molar-refractivity contribution is 5.82. The van der Waals surface area contributed by atoms with Crippen LogP contribution in [-0.2, 0) is 11.2 Å². The molecule has 0 amide bonds. The molecule has 0 spiro atoms. The first kappa shape index (κ1) is 13.2. The van der Waals surface area contributed by atoms with Gasteiger partial charge in [-0.05, 0) is 31.0 Å². The van der Waals surface area contributed by atoms with Gasteiger partial charge in [0.1, 0.15) is 11.6 Å². The molecule has 3 heteroatoms. The first-order valence-corrected chi connectivity index (χ1v) is 6.59. The van der Waals surface area contributed by atoms with E-state index >= 15 is 0 Å². The summed E-state index contributed by atoms with van der Waals surface area (Å²) in [5.41, 5.74) is 1.15. The quantitative estimate of drug-likeness (QED) is 0.821. The molecule has 0 bridgehead atoms. The van der Waals surface area contributed by atoms with Gasteiger partial charge in [-0.15, -0.1) is 0 Å². The number of halogens is 1. The monoisotopic (exact) mass is 249 g/mol. The molecule has 1 heterocycles. The highest BCUT2D eigenvalue weighted by atomic mass is 19.1. The maximum absolute atomic E-state index is 12.8. The Hall–Kier alpha value is -1.22. The standard InChI is InChI=1S/C15H20FNO/c1-11-12(2)17(10-8-15(11)18)9-7-13-3-5-14(16)6-4-13/h3-6,11-12H,7-10H2,1-2H3. The Balaban J connectivity index is 1.90. The number of hydrogen-bond donors (Lipinski definition) is 0. The second-order valence-corrected chi connectivity index (χ2v) is 5.16. The number of carbonyl (C=O) groups excluding carboxylic acids is 1. The normalized spacial score (nSPS) is 25.4. The van der Waals surface area contributed by atoms with E-state index in [4.69, 9.17) is 0 Å². The van der Waals surface area contributed by atoms with Gasteiger partial charge in [0.25, 0.3) is 0 Å². The molecule has 2 unspecified atom stereocenters. The average molecular weight is 249 g/mol. The van der Waals surface area contributed by atoms with E-state index in [1.165, 1.54) is 12.1 Å². The molecule has 0 aromatic heterocycles. The molecular formula is C15H20FNO. The molecule has 0 saturated carbocycles. The zero-order chi connectivity index (χ0) is 13.1. The number of benzene rings is 1. The average Bonchev–Trinajstić information content (AvgIpc) is 2.37. The Labute approximate surface area is 108 Å². The number of nitrogens with zero attached hydrogens (tertiary/aromatic N) is 1. The van der Waals surface area contributed by atoms with Gasteiger partial charge in [0.15, 0.2) is 0 Å². The van der Waals surface area contributed by atoms with Crippen molar-refractivity contribution >= 4 is 5.78 Å². The third-order valence-electron chi connectivity index (χ3n) is 4.05. The molecule has 2 atom stereocenters. The number of piperidine rings is 1. The van der Waals surface area contributed by atoms with E-state index in [0.29, 0.717) is 18.2 Å². The van der Waals surface area contributed by atoms with Gasteiger partial charge in [0, 0.05) is 31.5 Å². The van der Waals surface area contributed by atoms with Crippen molar-refractivity contribution in [1.82, 2.24) is 4.90 Å². The molecule has 1 aromatic carbocycles. The molecule has 1 aromatic rings. The predicted octanol–water partition coefficient (Wildman–Crippen LogP) is 2.67. The van der Waals surface area contributed by atoms with Crippen LogP contribution in [0.5, 0.6) is 0 Å². The van der Waals surface area contributed by atoms with Crippen LogP contribution in [0, 0.1) is 11.7 Å². The Morgan fingerprint density at radius 3 is 2.61 bits per heavy atom. The SMILES string of the molecule is CC1C(=O)CCN(CCc2ccc(F)cc2)C1C. The van der Waals surface area contributed by atoms with Crippen LogP contribution < -0.4 is 0 Å². The van der Waals surface area contributed by atoms with Crippen molar-refractivity contribution in [3.63, 3.8) is 0 Å². The van der Waals surface area contributed by atoms with Crippen molar-refractivity contribution < 1.29 is 9.18 Å². The summed E-state index contributed by atoms with van der Waals surface area (Å²) >= 11 is 0. The van der Waals surface area contributed by atoms with Crippen LogP contribution in [0.2, 0.25) is 0 Å². The van der Waals surface area contributed by atoms with E-state index < -0.39 is 0 Å². The van der Waals surface area contributed by atoms with Crippen molar-refractivity contribution in [3.8, 4) is 0 Å². The molecule has 1 fully saturated rings. The molecule has 18 heavy (non-hydrogen) atoms.